The van der Waals surface area contributed by atoms with Crippen LogP contribution in [-0.4, -0.2) is 53.4 Å². The predicted octanol–water partition coefficient (Wildman–Crippen LogP) is 1.00. The Hall–Kier alpha value is -1.34. The van der Waals surface area contributed by atoms with E-state index in [0.29, 0.717) is 5.56 Å². The van der Waals surface area contributed by atoms with Gasteiger partial charge in [-0.1, -0.05) is 24.3 Å². The molecule has 1 aliphatic rings. The lowest BCUT2D eigenvalue weighted by Crippen LogP contribution is -2.59. The molecule has 116 valence electrons. The topological polar surface area (TPSA) is 76.0 Å². The maximum absolute atomic E-state index is 14.3. The zero-order valence-corrected chi connectivity index (χ0v) is 12.2. The lowest BCUT2D eigenvalue weighted by Gasteiger charge is -2.36. The second-order valence-corrected chi connectivity index (χ2v) is 5.35. The van der Waals surface area contributed by atoms with Crippen LogP contribution in [0.1, 0.15) is 22.8 Å². The van der Waals surface area contributed by atoms with Crippen molar-refractivity contribution in [2.24, 2.45) is 0 Å². The lowest BCUT2D eigenvalue weighted by molar-refractivity contribution is -0.240. The molecule has 1 unspecified atom stereocenters. The van der Waals surface area contributed by atoms with Crippen molar-refractivity contribution < 1.29 is 28.9 Å². The molecule has 1 aliphatic heterocycles. The minimum Gasteiger partial charge on any atom is -0.394 e. The number of alkyl halides is 1. The van der Waals surface area contributed by atoms with E-state index in [-0.39, 0.29) is 5.56 Å². The third kappa shape index (κ3) is 2.19. The molecule has 1 aromatic carbocycles. The van der Waals surface area contributed by atoms with Crippen molar-refractivity contribution in [2.75, 3.05) is 13.7 Å². The van der Waals surface area contributed by atoms with E-state index < -0.39 is 36.1 Å². The Morgan fingerprint density at radius 1 is 1.48 bits per heavy atom. The summed E-state index contributed by atoms with van der Waals surface area (Å²) in [6, 6.07) is 6.69. The maximum Gasteiger partial charge on any atom is 0.266 e. The second kappa shape index (κ2) is 5.46. The van der Waals surface area contributed by atoms with Crippen LogP contribution in [-0.2, 0) is 9.47 Å². The van der Waals surface area contributed by atoms with Crippen molar-refractivity contribution in [3.05, 3.63) is 35.4 Å². The number of aryl methyl sites for hydroxylation is 1. The molecule has 2 N–H and O–H groups in total. The number of Topliss-reactive ketones (excluding diaryl/α,β-unsaturated/α-hetero) is 1. The monoisotopic (exact) mass is 298 g/mol. The molecule has 0 spiro atoms. The molecular formula is C15H19FO5. The molecule has 0 saturated carbocycles. The van der Waals surface area contributed by atoms with Gasteiger partial charge in [0.2, 0.25) is 5.78 Å². The summed E-state index contributed by atoms with van der Waals surface area (Å²) in [6.07, 6.45) is -3.27. The quantitative estimate of drug-likeness (QED) is 0.811. The Labute approximate surface area is 122 Å². The van der Waals surface area contributed by atoms with Gasteiger partial charge in [0.15, 0.2) is 11.8 Å². The van der Waals surface area contributed by atoms with Gasteiger partial charge in [-0.3, -0.25) is 4.79 Å². The number of hydrogen-bond donors (Lipinski definition) is 2. The number of carbonyl (C=O) groups excluding carboxylic acids is 1. The van der Waals surface area contributed by atoms with Crippen LogP contribution >= 0.6 is 0 Å². The summed E-state index contributed by atoms with van der Waals surface area (Å²) in [7, 11) is 1.16. The molecule has 0 radical (unpaired) electrons. The van der Waals surface area contributed by atoms with Crippen molar-refractivity contribution in [1.82, 2.24) is 0 Å². The molecule has 21 heavy (non-hydrogen) atoms. The van der Waals surface area contributed by atoms with Gasteiger partial charge in [0, 0.05) is 12.7 Å². The summed E-state index contributed by atoms with van der Waals surface area (Å²) in [6.45, 7) is 2.19. The highest BCUT2D eigenvalue weighted by molar-refractivity contribution is 6.03. The average molecular weight is 298 g/mol. The van der Waals surface area contributed by atoms with Crippen LogP contribution in [0.3, 0.4) is 0 Å². The van der Waals surface area contributed by atoms with E-state index in [0.717, 1.165) is 14.0 Å². The molecular weight excluding hydrogens is 279 g/mol. The smallest absolute Gasteiger partial charge is 0.266 e. The van der Waals surface area contributed by atoms with E-state index >= 15 is 0 Å². The van der Waals surface area contributed by atoms with Crippen molar-refractivity contribution in [1.29, 1.82) is 0 Å². The number of ether oxygens (including phenoxy) is 2. The molecule has 6 heteroatoms. The molecule has 0 aliphatic carbocycles. The fourth-order valence-electron chi connectivity index (χ4n) is 2.70. The predicted molar refractivity (Wildman–Crippen MR) is 72.7 cm³/mol. The standard InChI is InChI=1S/C15H19FO5/c1-9-6-4-5-7-10(9)13(18)15(20-3)14(2,19)12(16)11(8-17)21-15/h4-7,11-12,17,19H,8H2,1-3H3/t11-,12-,14-,15?/m1/s1. The lowest BCUT2D eigenvalue weighted by atomic mass is 9.85. The minimum absolute atomic E-state index is 0.269. The van der Waals surface area contributed by atoms with Crippen LogP contribution in [0, 0.1) is 6.92 Å². The van der Waals surface area contributed by atoms with Crippen LogP contribution < -0.4 is 0 Å². The summed E-state index contributed by atoms with van der Waals surface area (Å²) < 4.78 is 24.7. The van der Waals surface area contributed by atoms with Gasteiger partial charge in [-0.25, -0.2) is 4.39 Å². The van der Waals surface area contributed by atoms with E-state index in [1.54, 1.807) is 31.2 Å². The molecule has 0 amide bonds. The number of methoxy groups -OCH3 is 1. The highest BCUT2D eigenvalue weighted by Crippen LogP contribution is 2.44. The number of benzene rings is 1. The van der Waals surface area contributed by atoms with Crippen LogP contribution in [0.25, 0.3) is 0 Å². The number of aliphatic hydroxyl groups excluding tert-OH is 1. The molecule has 4 atom stereocenters. The Morgan fingerprint density at radius 3 is 2.57 bits per heavy atom. The Balaban J connectivity index is 2.52. The van der Waals surface area contributed by atoms with E-state index in [1.807, 2.05) is 0 Å². The van der Waals surface area contributed by atoms with Crippen molar-refractivity contribution >= 4 is 5.78 Å². The number of carbonyl (C=O) groups is 1. The van der Waals surface area contributed by atoms with Crippen molar-refractivity contribution in [3.8, 4) is 0 Å². The van der Waals surface area contributed by atoms with Gasteiger partial charge in [-0.2, -0.15) is 0 Å². The highest BCUT2D eigenvalue weighted by atomic mass is 19.1. The fraction of sp³-hybridized carbons (Fsp3) is 0.533. The largest absolute Gasteiger partial charge is 0.394 e. The number of rotatable bonds is 4. The normalized spacial score (nSPS) is 35.9. The SMILES string of the molecule is COC1(C(=O)c2ccccc2C)O[C@H](CO)[C@@H](F)[C@@]1(C)O. The Morgan fingerprint density at radius 2 is 2.10 bits per heavy atom. The summed E-state index contributed by atoms with van der Waals surface area (Å²) >= 11 is 0. The summed E-state index contributed by atoms with van der Waals surface area (Å²) in [5.74, 6) is -2.86. The van der Waals surface area contributed by atoms with Crippen LogP contribution in [0.2, 0.25) is 0 Å². The number of ketones is 1. The van der Waals surface area contributed by atoms with Gasteiger partial charge in [0.05, 0.1) is 6.61 Å². The number of hydrogen-bond acceptors (Lipinski definition) is 5. The first-order valence-corrected chi connectivity index (χ1v) is 6.62. The Bertz CT molecular complexity index is 545. The highest BCUT2D eigenvalue weighted by Gasteiger charge is 2.68. The first kappa shape index (κ1) is 16.0. The van der Waals surface area contributed by atoms with Gasteiger partial charge in [-0.05, 0) is 19.4 Å². The molecule has 1 heterocycles. The first-order chi connectivity index (χ1) is 9.81. The average Bonchev–Trinajstić information content (AvgIpc) is 2.67. The summed E-state index contributed by atoms with van der Waals surface area (Å²) in [4.78, 5) is 12.8. The molecule has 0 bridgehead atoms. The fourth-order valence-corrected chi connectivity index (χ4v) is 2.70. The zero-order chi connectivity index (χ0) is 15.8. The number of halogens is 1. The molecule has 2 rings (SSSR count). The van der Waals surface area contributed by atoms with Gasteiger partial charge < -0.3 is 19.7 Å². The third-order valence-corrected chi connectivity index (χ3v) is 4.00. The van der Waals surface area contributed by atoms with Crippen molar-refractivity contribution in [2.45, 2.75) is 37.5 Å². The molecule has 1 fully saturated rings. The van der Waals surface area contributed by atoms with Gasteiger partial charge in [-0.15, -0.1) is 0 Å². The van der Waals surface area contributed by atoms with E-state index in [4.69, 9.17) is 14.6 Å². The Kier molecular flexibility index (Phi) is 4.17. The minimum atomic E-state index is -2.21. The van der Waals surface area contributed by atoms with Crippen LogP contribution in [0.15, 0.2) is 24.3 Å². The van der Waals surface area contributed by atoms with E-state index in [2.05, 4.69) is 0 Å². The van der Waals surface area contributed by atoms with Crippen LogP contribution in [0.4, 0.5) is 4.39 Å². The van der Waals surface area contributed by atoms with E-state index in [1.165, 1.54) is 0 Å². The molecule has 1 aromatic rings. The van der Waals surface area contributed by atoms with Gasteiger partial charge in [0.25, 0.3) is 5.79 Å². The van der Waals surface area contributed by atoms with Crippen LogP contribution in [0.5, 0.6) is 0 Å². The summed E-state index contributed by atoms with van der Waals surface area (Å²) in [5.41, 5.74) is -1.29. The molecule has 1 saturated heterocycles. The van der Waals surface area contributed by atoms with Gasteiger partial charge >= 0.3 is 0 Å². The first-order valence-electron chi connectivity index (χ1n) is 6.62. The number of aliphatic hydroxyl groups is 2. The summed E-state index contributed by atoms with van der Waals surface area (Å²) in [5, 5.41) is 19.6. The molecule has 5 nitrogen and oxygen atoms in total. The van der Waals surface area contributed by atoms with E-state index in [9.17, 15) is 14.3 Å². The van der Waals surface area contributed by atoms with Crippen molar-refractivity contribution in [3.63, 3.8) is 0 Å². The zero-order valence-electron chi connectivity index (χ0n) is 12.2. The third-order valence-electron chi connectivity index (χ3n) is 4.00. The molecule has 0 aromatic heterocycles. The second-order valence-electron chi connectivity index (χ2n) is 5.35. The van der Waals surface area contributed by atoms with Gasteiger partial charge in [0.1, 0.15) is 6.10 Å². The maximum atomic E-state index is 14.3.